The van der Waals surface area contributed by atoms with Gasteiger partial charge in [-0.2, -0.15) is 0 Å². The largest absolute Gasteiger partial charge is 0.497 e. The lowest BCUT2D eigenvalue weighted by atomic mass is 9.65. The van der Waals surface area contributed by atoms with Crippen LogP contribution in [0.15, 0.2) is 84.0 Å². The van der Waals surface area contributed by atoms with E-state index in [1.165, 1.54) is 5.56 Å². The van der Waals surface area contributed by atoms with Crippen LogP contribution in [0.1, 0.15) is 54.4 Å². The molecule has 1 saturated heterocycles. The number of nitrogens with two attached hydrogens (primary N) is 1. The third-order valence-electron chi connectivity index (χ3n) is 9.12. The molecule has 0 aromatic heterocycles. The van der Waals surface area contributed by atoms with Crippen LogP contribution in [0.25, 0.3) is 0 Å². The van der Waals surface area contributed by atoms with Crippen molar-refractivity contribution in [2.75, 3.05) is 32.2 Å². The van der Waals surface area contributed by atoms with Crippen LogP contribution in [-0.2, 0) is 23.3 Å². The maximum absolute atomic E-state index is 14.0. The molecule has 2 aliphatic heterocycles. The summed E-state index contributed by atoms with van der Waals surface area (Å²) in [6, 6.07) is 22.9. The Morgan fingerprint density at radius 2 is 1.69 bits per heavy atom. The maximum atomic E-state index is 14.0. The topological polar surface area (TPSA) is 80.4 Å². The Morgan fingerprint density at radius 3 is 2.31 bits per heavy atom. The van der Waals surface area contributed by atoms with Crippen molar-refractivity contribution >= 4 is 17.3 Å². The number of piperidine rings is 1. The number of likely N-dealkylation sites (tertiary alicyclic amines) is 1. The van der Waals surface area contributed by atoms with Crippen LogP contribution in [-0.4, -0.2) is 49.9 Å². The highest BCUT2D eigenvalue weighted by atomic mass is 16.5. The number of rotatable bonds is 9. The molecule has 0 atom stereocenters. The third kappa shape index (κ3) is 5.29. The van der Waals surface area contributed by atoms with Gasteiger partial charge in [-0.25, -0.2) is 0 Å². The molecule has 2 fully saturated rings. The number of methoxy groups -OCH3 is 2. The van der Waals surface area contributed by atoms with Gasteiger partial charge in [0.15, 0.2) is 0 Å². The number of allylic oxidation sites excluding steroid dienone is 1. The minimum Gasteiger partial charge on any atom is -0.497 e. The summed E-state index contributed by atoms with van der Waals surface area (Å²) < 4.78 is 11.3. The van der Waals surface area contributed by atoms with Crippen molar-refractivity contribution in [1.82, 2.24) is 4.90 Å². The number of carbonyl (C=O) groups excluding carboxylic acids is 1. The Bertz CT molecular complexity index is 1470. The molecular weight excluding hydrogens is 524 g/mol. The van der Waals surface area contributed by atoms with Crippen molar-refractivity contribution in [2.24, 2.45) is 10.7 Å². The van der Waals surface area contributed by atoms with Gasteiger partial charge in [0.1, 0.15) is 11.5 Å². The van der Waals surface area contributed by atoms with Crippen LogP contribution in [0, 0.1) is 0 Å². The highest BCUT2D eigenvalue weighted by Gasteiger charge is 2.55. The summed E-state index contributed by atoms with van der Waals surface area (Å²) in [6.45, 7) is 3.47. The molecule has 0 radical (unpaired) electrons. The Kier molecular flexibility index (Phi) is 8.02. The first-order valence-electron chi connectivity index (χ1n) is 14.9. The molecule has 3 aromatic rings. The Morgan fingerprint density at radius 1 is 0.976 bits per heavy atom. The fourth-order valence-electron chi connectivity index (χ4n) is 6.66. The first-order valence-corrected chi connectivity index (χ1v) is 14.9. The van der Waals surface area contributed by atoms with Crippen molar-refractivity contribution in [2.45, 2.75) is 56.7 Å². The van der Waals surface area contributed by atoms with Gasteiger partial charge in [-0.1, -0.05) is 48.9 Å². The van der Waals surface area contributed by atoms with Crippen LogP contribution in [0.3, 0.4) is 0 Å². The predicted octanol–water partition coefficient (Wildman–Crippen LogP) is 5.60. The van der Waals surface area contributed by atoms with Crippen molar-refractivity contribution in [1.29, 1.82) is 0 Å². The summed E-state index contributed by atoms with van der Waals surface area (Å²) in [7, 11) is 3.34. The molecule has 6 rings (SSSR count). The van der Waals surface area contributed by atoms with E-state index in [2.05, 4.69) is 41.3 Å². The zero-order chi connectivity index (χ0) is 29.1. The third-order valence-corrected chi connectivity index (χ3v) is 9.12. The summed E-state index contributed by atoms with van der Waals surface area (Å²) >= 11 is 0. The number of aliphatic imine (C=N–C) groups is 1. The van der Waals surface area contributed by atoms with Gasteiger partial charge in [-0.3, -0.25) is 14.7 Å². The summed E-state index contributed by atoms with van der Waals surface area (Å²) in [6.07, 6.45) is 8.18. The average molecular weight is 565 g/mol. The lowest BCUT2D eigenvalue weighted by molar-refractivity contribution is -0.126. The van der Waals surface area contributed by atoms with E-state index >= 15 is 0 Å². The van der Waals surface area contributed by atoms with Crippen LogP contribution in [0.4, 0.5) is 5.69 Å². The highest BCUT2D eigenvalue weighted by Crippen LogP contribution is 2.56. The van der Waals surface area contributed by atoms with Crippen LogP contribution in [0.5, 0.6) is 11.5 Å². The Labute approximate surface area is 248 Å². The predicted molar refractivity (Wildman–Crippen MR) is 167 cm³/mol. The summed E-state index contributed by atoms with van der Waals surface area (Å²) in [4.78, 5) is 23.6. The van der Waals surface area contributed by atoms with E-state index in [0.717, 1.165) is 85.6 Å². The van der Waals surface area contributed by atoms with Gasteiger partial charge in [0.25, 0.3) is 0 Å². The zero-order valence-electron chi connectivity index (χ0n) is 24.6. The van der Waals surface area contributed by atoms with Crippen molar-refractivity contribution in [3.8, 4) is 11.5 Å². The van der Waals surface area contributed by atoms with Gasteiger partial charge >= 0.3 is 0 Å². The summed E-state index contributed by atoms with van der Waals surface area (Å²) in [5.74, 6) is 1.66. The van der Waals surface area contributed by atoms with Crippen LogP contribution >= 0.6 is 0 Å². The summed E-state index contributed by atoms with van der Waals surface area (Å²) in [5.41, 5.74) is 11.6. The van der Waals surface area contributed by atoms with E-state index in [1.54, 1.807) is 20.4 Å². The van der Waals surface area contributed by atoms with Crippen molar-refractivity contribution in [3.63, 3.8) is 0 Å². The normalized spacial score (nSPS) is 18.9. The molecule has 1 saturated carbocycles. The van der Waals surface area contributed by atoms with Gasteiger partial charge in [-0.05, 0) is 78.9 Å². The minimum absolute atomic E-state index is 0.161. The number of anilines is 1. The minimum atomic E-state index is -0.495. The smallest absolute Gasteiger partial charge is 0.238 e. The van der Waals surface area contributed by atoms with E-state index in [-0.39, 0.29) is 11.9 Å². The second-order valence-electron chi connectivity index (χ2n) is 11.6. The number of fused-ring (bicyclic) bond motifs is 2. The molecule has 7 nitrogen and oxygen atoms in total. The molecule has 2 heterocycles. The number of benzene rings is 3. The van der Waals surface area contributed by atoms with Crippen molar-refractivity contribution < 1.29 is 14.3 Å². The van der Waals surface area contributed by atoms with Crippen LogP contribution in [0.2, 0.25) is 0 Å². The lowest BCUT2D eigenvalue weighted by Crippen LogP contribution is -2.44. The first kappa shape index (κ1) is 28.0. The van der Waals surface area contributed by atoms with E-state index in [0.29, 0.717) is 12.3 Å². The lowest BCUT2D eigenvalue weighted by Gasteiger charge is -2.37. The molecule has 2 N–H and O–H groups in total. The molecular formula is C35H40N4O3. The molecule has 1 amide bonds. The fraction of sp³-hybridized carbons (Fsp3) is 0.371. The number of ether oxygens (including phenoxy) is 2. The quantitative estimate of drug-likeness (QED) is 0.343. The van der Waals surface area contributed by atoms with Gasteiger partial charge in [-0.15, -0.1) is 0 Å². The Hall–Kier alpha value is -4.10. The maximum Gasteiger partial charge on any atom is 0.238 e. The molecule has 42 heavy (non-hydrogen) atoms. The SMILES string of the molecule is COc1ccc(CN2C(=O)C3(CCC3)c3cc(C(C=CN)=NC4CCN(Cc5ccccc5)CC4)cc(OC)c32)cc1. The van der Waals surface area contributed by atoms with Gasteiger partial charge < -0.3 is 20.1 Å². The Balaban J connectivity index is 1.28. The van der Waals surface area contributed by atoms with Crippen molar-refractivity contribution in [3.05, 3.63) is 101 Å². The molecule has 218 valence electrons. The van der Waals surface area contributed by atoms with E-state index in [9.17, 15) is 4.79 Å². The van der Waals surface area contributed by atoms with E-state index in [4.69, 9.17) is 20.2 Å². The van der Waals surface area contributed by atoms with Gasteiger partial charge in [0, 0.05) is 25.2 Å². The number of hydrogen-bond donors (Lipinski definition) is 1. The van der Waals surface area contributed by atoms with E-state index < -0.39 is 5.41 Å². The molecule has 3 aromatic carbocycles. The second kappa shape index (κ2) is 12.0. The first-order chi connectivity index (χ1) is 20.5. The number of hydrogen-bond acceptors (Lipinski definition) is 6. The molecule has 7 heteroatoms. The number of amides is 1. The number of carbonyl (C=O) groups is 1. The highest BCUT2D eigenvalue weighted by molar-refractivity contribution is 6.14. The summed E-state index contributed by atoms with van der Waals surface area (Å²) in [5, 5.41) is 0. The standard InChI is InChI=1S/C35H40N4O3/c1-41-29-11-9-26(10-12-29)24-39-33-30(35(34(39)40)16-6-17-35)21-27(22-32(33)42-2)31(13-18-36)37-28-14-19-38(20-15-28)23-25-7-4-3-5-8-25/h3-5,7-13,18,21-22,28H,6,14-17,19-20,23-24,36H2,1-2H3. The van der Waals surface area contributed by atoms with Gasteiger partial charge in [0.2, 0.25) is 5.91 Å². The monoisotopic (exact) mass is 564 g/mol. The molecule has 0 unspecified atom stereocenters. The zero-order valence-corrected chi connectivity index (χ0v) is 24.6. The average Bonchev–Trinajstić information content (AvgIpc) is 3.26. The molecule has 1 aliphatic carbocycles. The molecule has 3 aliphatic rings. The van der Waals surface area contributed by atoms with E-state index in [1.807, 2.05) is 41.3 Å². The second-order valence-corrected chi connectivity index (χ2v) is 11.6. The van der Waals surface area contributed by atoms with Crippen LogP contribution < -0.4 is 20.1 Å². The molecule has 1 spiro atoms. The molecule has 0 bridgehead atoms. The van der Waals surface area contributed by atoms with Gasteiger partial charge in [0.05, 0.1) is 43.6 Å². The fourth-order valence-corrected chi connectivity index (χ4v) is 6.66. The number of nitrogens with zero attached hydrogens (tertiary/aromatic N) is 3.